The van der Waals surface area contributed by atoms with Crippen LogP contribution in [0.1, 0.15) is 45.3 Å². The largest absolute Gasteiger partial charge is 0.482 e. The minimum Gasteiger partial charge on any atom is -0.482 e. The van der Waals surface area contributed by atoms with E-state index in [1.165, 1.54) is 6.92 Å². The fourth-order valence-electron chi connectivity index (χ4n) is 4.36. The number of carbonyl (C=O) groups excluding carboxylic acids is 1. The van der Waals surface area contributed by atoms with Gasteiger partial charge < -0.3 is 25.0 Å². The molecule has 3 rings (SSSR count). The Kier molecular flexibility index (Phi) is 5.76. The first-order valence-electron chi connectivity index (χ1n) is 9.43. The van der Waals surface area contributed by atoms with Crippen molar-refractivity contribution in [1.29, 1.82) is 0 Å². The summed E-state index contributed by atoms with van der Waals surface area (Å²) in [4.78, 5) is 22.8. The summed E-state index contributed by atoms with van der Waals surface area (Å²) >= 11 is 0. The predicted octanol–water partition coefficient (Wildman–Crippen LogP) is 2.20. The number of ether oxygens (including phenoxy) is 2. The van der Waals surface area contributed by atoms with Crippen LogP contribution in [0.5, 0.6) is 5.75 Å². The van der Waals surface area contributed by atoms with Gasteiger partial charge in [0, 0.05) is 30.4 Å². The number of amides is 1. The highest BCUT2D eigenvalue weighted by Crippen LogP contribution is 2.47. The first-order valence-corrected chi connectivity index (χ1v) is 9.43. The van der Waals surface area contributed by atoms with E-state index in [9.17, 15) is 14.7 Å². The highest BCUT2D eigenvalue weighted by molar-refractivity contribution is 5.74. The molecule has 2 aliphatic rings. The lowest BCUT2D eigenvalue weighted by molar-refractivity contribution is -0.166. The average Bonchev–Trinajstić information content (AvgIpc) is 2.62. The van der Waals surface area contributed by atoms with E-state index >= 15 is 0 Å². The number of allylic oxidation sites excluding steroid dienone is 1. The number of carbonyl (C=O) groups is 2. The van der Waals surface area contributed by atoms with Crippen LogP contribution in [0.15, 0.2) is 35.9 Å². The fourth-order valence-corrected chi connectivity index (χ4v) is 4.36. The number of aliphatic hydroxyl groups excluding tert-OH is 1. The van der Waals surface area contributed by atoms with E-state index < -0.39 is 36.4 Å². The van der Waals surface area contributed by atoms with Crippen LogP contribution in [0.2, 0.25) is 0 Å². The van der Waals surface area contributed by atoms with E-state index in [1.54, 1.807) is 12.1 Å². The quantitative estimate of drug-likeness (QED) is 0.667. The lowest BCUT2D eigenvalue weighted by atomic mass is 9.68. The van der Waals surface area contributed by atoms with Gasteiger partial charge in [0.25, 0.3) is 0 Å². The lowest BCUT2D eigenvalue weighted by Gasteiger charge is -2.52. The summed E-state index contributed by atoms with van der Waals surface area (Å²) in [6.45, 7) is 4.87. The molecular formula is C21H27NO6. The third kappa shape index (κ3) is 4.05. The van der Waals surface area contributed by atoms with Gasteiger partial charge in [-0.3, -0.25) is 4.79 Å². The number of benzene rings is 1. The van der Waals surface area contributed by atoms with Crippen molar-refractivity contribution in [3.8, 4) is 5.75 Å². The second-order valence-corrected chi connectivity index (χ2v) is 7.85. The molecule has 1 heterocycles. The van der Waals surface area contributed by atoms with Crippen molar-refractivity contribution in [2.24, 2.45) is 5.92 Å². The molecule has 0 unspecified atom stereocenters. The fraction of sp³-hybridized carbons (Fsp3) is 0.524. The van der Waals surface area contributed by atoms with Crippen LogP contribution in [-0.4, -0.2) is 46.4 Å². The molecule has 152 valence electrons. The van der Waals surface area contributed by atoms with Crippen LogP contribution in [0, 0.1) is 5.92 Å². The van der Waals surface area contributed by atoms with E-state index in [-0.39, 0.29) is 11.8 Å². The number of fused-ring (bicyclic) bond motifs is 1. The van der Waals surface area contributed by atoms with Crippen molar-refractivity contribution in [1.82, 2.24) is 5.32 Å². The Bertz CT molecular complexity index is 791. The molecule has 7 nitrogen and oxygen atoms in total. The minimum atomic E-state index is -1.06. The molecule has 0 aromatic heterocycles. The summed E-state index contributed by atoms with van der Waals surface area (Å²) in [7, 11) is 0. The lowest BCUT2D eigenvalue weighted by Crippen LogP contribution is -2.62. The van der Waals surface area contributed by atoms with Crippen molar-refractivity contribution in [3.63, 3.8) is 0 Å². The number of hydrogen-bond donors (Lipinski definition) is 3. The number of aliphatic hydroxyl groups is 1. The van der Waals surface area contributed by atoms with E-state index in [4.69, 9.17) is 14.6 Å². The van der Waals surface area contributed by atoms with Gasteiger partial charge in [-0.1, -0.05) is 24.3 Å². The molecule has 5 atom stereocenters. The molecule has 1 fully saturated rings. The zero-order valence-corrected chi connectivity index (χ0v) is 16.3. The van der Waals surface area contributed by atoms with Crippen LogP contribution in [0.3, 0.4) is 0 Å². The second-order valence-electron chi connectivity index (χ2n) is 7.85. The topological polar surface area (TPSA) is 105 Å². The standard InChI is InChI=1S/C21H27NO6/c1-12-8-9-15-20(19(12)26)28-17(10-21(15,3)22-13(2)23)14-6-4-5-7-16(14)27-11-18(24)25/h4-8,15,17,19-20,26H,9-11H2,1-3H3,(H,22,23)(H,24,25)/t15-,17+,19-,20-,21+/m1/s1. The van der Waals surface area contributed by atoms with E-state index in [1.807, 2.05) is 32.1 Å². The summed E-state index contributed by atoms with van der Waals surface area (Å²) in [6.07, 6.45) is 1.49. The summed E-state index contributed by atoms with van der Waals surface area (Å²) in [5, 5.41) is 22.7. The van der Waals surface area contributed by atoms with Gasteiger partial charge >= 0.3 is 5.97 Å². The SMILES string of the molecule is CC(=O)N[C@@]1(C)C[C@@H](c2ccccc2OCC(=O)O)O[C@H]2[C@H](O)C(C)=CC[C@H]21. The van der Waals surface area contributed by atoms with Crippen molar-refractivity contribution in [2.75, 3.05) is 6.61 Å². The van der Waals surface area contributed by atoms with Crippen LogP contribution in [-0.2, 0) is 14.3 Å². The third-order valence-corrected chi connectivity index (χ3v) is 5.70. The van der Waals surface area contributed by atoms with Gasteiger partial charge in [0.05, 0.1) is 12.2 Å². The Hall–Kier alpha value is -2.38. The molecule has 1 saturated heterocycles. The van der Waals surface area contributed by atoms with Crippen LogP contribution in [0.4, 0.5) is 0 Å². The summed E-state index contributed by atoms with van der Waals surface area (Å²) in [5.41, 5.74) is 0.970. The van der Waals surface area contributed by atoms with Gasteiger partial charge in [0.2, 0.25) is 5.91 Å². The molecule has 0 spiro atoms. The van der Waals surface area contributed by atoms with Gasteiger partial charge in [-0.2, -0.15) is 0 Å². The number of carboxylic acids is 1. The minimum absolute atomic E-state index is 0.0709. The molecule has 1 aliphatic carbocycles. The first-order chi connectivity index (χ1) is 13.2. The maximum Gasteiger partial charge on any atom is 0.341 e. The molecule has 0 radical (unpaired) electrons. The molecule has 0 saturated carbocycles. The van der Waals surface area contributed by atoms with Crippen LogP contribution in [0.25, 0.3) is 0 Å². The van der Waals surface area contributed by atoms with Crippen LogP contribution < -0.4 is 10.1 Å². The number of para-hydroxylation sites is 1. The van der Waals surface area contributed by atoms with E-state index in [2.05, 4.69) is 5.32 Å². The van der Waals surface area contributed by atoms with Crippen LogP contribution >= 0.6 is 0 Å². The Morgan fingerprint density at radius 1 is 1.36 bits per heavy atom. The zero-order chi connectivity index (χ0) is 20.5. The maximum atomic E-state index is 11.9. The third-order valence-electron chi connectivity index (χ3n) is 5.70. The summed E-state index contributed by atoms with van der Waals surface area (Å²) in [6, 6.07) is 7.12. The van der Waals surface area contributed by atoms with Crippen molar-refractivity contribution in [2.45, 2.75) is 57.5 Å². The van der Waals surface area contributed by atoms with E-state index in [0.717, 1.165) is 5.57 Å². The van der Waals surface area contributed by atoms with Crippen molar-refractivity contribution in [3.05, 3.63) is 41.5 Å². The van der Waals surface area contributed by atoms with Gasteiger partial charge in [-0.05, 0) is 31.9 Å². The highest BCUT2D eigenvalue weighted by Gasteiger charge is 2.51. The number of carboxylic acid groups (broad SMARTS) is 1. The molecule has 1 aromatic carbocycles. The Morgan fingerprint density at radius 3 is 2.75 bits per heavy atom. The summed E-state index contributed by atoms with van der Waals surface area (Å²) < 4.78 is 11.8. The second kappa shape index (κ2) is 7.93. The number of rotatable bonds is 5. The Morgan fingerprint density at radius 2 is 2.07 bits per heavy atom. The molecular weight excluding hydrogens is 362 g/mol. The van der Waals surface area contributed by atoms with Crippen molar-refractivity contribution < 1.29 is 29.3 Å². The normalized spacial score (nSPS) is 32.1. The molecule has 0 bridgehead atoms. The molecule has 1 aliphatic heterocycles. The smallest absolute Gasteiger partial charge is 0.341 e. The highest BCUT2D eigenvalue weighted by atomic mass is 16.5. The van der Waals surface area contributed by atoms with E-state index in [0.29, 0.717) is 24.2 Å². The van der Waals surface area contributed by atoms with Gasteiger partial charge in [-0.25, -0.2) is 4.79 Å². The molecule has 7 heteroatoms. The number of hydrogen-bond acceptors (Lipinski definition) is 5. The number of nitrogens with one attached hydrogen (secondary N) is 1. The zero-order valence-electron chi connectivity index (χ0n) is 16.3. The van der Waals surface area contributed by atoms with Gasteiger partial charge in [0.15, 0.2) is 6.61 Å². The maximum absolute atomic E-state index is 11.9. The number of aliphatic carboxylic acids is 1. The van der Waals surface area contributed by atoms with Gasteiger partial charge in [0.1, 0.15) is 11.9 Å². The summed E-state index contributed by atoms with van der Waals surface area (Å²) in [5.74, 6) is -0.849. The molecule has 1 amide bonds. The van der Waals surface area contributed by atoms with Gasteiger partial charge in [-0.15, -0.1) is 0 Å². The van der Waals surface area contributed by atoms with Crippen molar-refractivity contribution >= 4 is 11.9 Å². The first kappa shape index (κ1) is 20.4. The molecule has 1 aromatic rings. The Labute approximate surface area is 164 Å². The molecule has 28 heavy (non-hydrogen) atoms. The molecule has 3 N–H and O–H groups in total. The monoisotopic (exact) mass is 389 g/mol. The Balaban J connectivity index is 1.96. The predicted molar refractivity (Wildman–Crippen MR) is 102 cm³/mol. The average molecular weight is 389 g/mol.